The number of hydrogen-bond donors (Lipinski definition) is 1. The zero-order chi connectivity index (χ0) is 13.1. The molecule has 3 rings (SSSR count). The molecule has 0 amide bonds. The Morgan fingerprint density at radius 2 is 2.26 bits per heavy atom. The lowest BCUT2D eigenvalue weighted by molar-refractivity contribution is 0.100. The number of hydrogen-bond acceptors (Lipinski definition) is 4. The normalized spacial score (nSPS) is 23.9. The van der Waals surface area contributed by atoms with E-state index in [0.717, 1.165) is 17.5 Å². The lowest BCUT2D eigenvalue weighted by Gasteiger charge is -2.37. The third-order valence-corrected chi connectivity index (χ3v) is 5.01. The minimum absolute atomic E-state index is 0.441. The van der Waals surface area contributed by atoms with Crippen molar-refractivity contribution in [2.45, 2.75) is 25.4 Å². The molecule has 0 aromatic carbocycles. The summed E-state index contributed by atoms with van der Waals surface area (Å²) in [5, 5.41) is 0. The summed E-state index contributed by atoms with van der Waals surface area (Å²) in [5.41, 5.74) is 5.40. The molecule has 2 aliphatic heterocycles. The lowest BCUT2D eigenvalue weighted by Crippen LogP contribution is -2.49. The highest BCUT2D eigenvalue weighted by atomic mass is 32.1. The number of rotatable bonds is 2. The number of nitrogens with two attached hydrogens (primary N) is 1. The van der Waals surface area contributed by atoms with Gasteiger partial charge in [0.1, 0.15) is 0 Å². The number of fused-ring (bicyclic) bond motifs is 1. The van der Waals surface area contributed by atoms with E-state index in [0.29, 0.717) is 6.54 Å². The van der Waals surface area contributed by atoms with E-state index >= 15 is 0 Å². The zero-order valence-corrected chi connectivity index (χ0v) is 12.1. The molecule has 0 spiro atoms. The Labute approximate surface area is 119 Å². The van der Waals surface area contributed by atoms with Crippen molar-refractivity contribution in [2.24, 2.45) is 5.73 Å². The lowest BCUT2D eigenvalue weighted by atomic mass is 10.1. The molecule has 102 valence electrons. The van der Waals surface area contributed by atoms with Crippen molar-refractivity contribution in [3.63, 3.8) is 0 Å². The van der Waals surface area contributed by atoms with Gasteiger partial charge >= 0.3 is 0 Å². The Morgan fingerprint density at radius 3 is 3.16 bits per heavy atom. The largest absolute Gasteiger partial charge is 0.320 e. The minimum Gasteiger partial charge on any atom is -0.320 e. The summed E-state index contributed by atoms with van der Waals surface area (Å²) >= 11 is 1.81. The molecule has 19 heavy (non-hydrogen) atoms. The van der Waals surface area contributed by atoms with Crippen LogP contribution in [0.4, 0.5) is 0 Å². The average molecular weight is 275 g/mol. The van der Waals surface area contributed by atoms with Gasteiger partial charge in [-0.05, 0) is 31.5 Å². The standard InChI is InChI=1S/C15H21N3S/c16-7-1-4-14-5-6-15(19-14)12-17-9-10-18-8-2-3-13(18)11-17/h5-6,13H,2-3,7-12,16H2. The second kappa shape index (κ2) is 6.06. The van der Waals surface area contributed by atoms with Crippen molar-refractivity contribution >= 4 is 11.3 Å². The molecule has 4 heteroatoms. The Kier molecular flexibility index (Phi) is 4.19. The van der Waals surface area contributed by atoms with Crippen LogP contribution < -0.4 is 5.73 Å². The van der Waals surface area contributed by atoms with E-state index in [9.17, 15) is 0 Å². The van der Waals surface area contributed by atoms with E-state index in [1.807, 2.05) is 11.3 Å². The van der Waals surface area contributed by atoms with Crippen molar-refractivity contribution in [3.05, 3.63) is 21.9 Å². The predicted molar refractivity (Wildman–Crippen MR) is 80.1 cm³/mol. The third kappa shape index (κ3) is 3.18. The molecule has 0 bridgehead atoms. The maximum atomic E-state index is 5.40. The van der Waals surface area contributed by atoms with Crippen LogP contribution in [0.5, 0.6) is 0 Å². The van der Waals surface area contributed by atoms with Gasteiger partial charge in [0, 0.05) is 37.1 Å². The molecule has 1 aromatic heterocycles. The molecule has 3 nitrogen and oxygen atoms in total. The summed E-state index contributed by atoms with van der Waals surface area (Å²) in [5.74, 6) is 6.04. The number of nitrogens with zero attached hydrogens (tertiary/aromatic N) is 2. The van der Waals surface area contributed by atoms with Crippen molar-refractivity contribution in [3.8, 4) is 11.8 Å². The van der Waals surface area contributed by atoms with Gasteiger partial charge in [-0.1, -0.05) is 11.8 Å². The van der Waals surface area contributed by atoms with E-state index in [1.54, 1.807) is 0 Å². The first-order chi connectivity index (χ1) is 9.35. The van der Waals surface area contributed by atoms with Gasteiger partial charge < -0.3 is 5.73 Å². The Morgan fingerprint density at radius 1 is 1.32 bits per heavy atom. The highest BCUT2D eigenvalue weighted by Crippen LogP contribution is 2.24. The number of piperazine rings is 1. The van der Waals surface area contributed by atoms with Gasteiger partial charge in [-0.3, -0.25) is 9.80 Å². The molecule has 1 aromatic rings. The zero-order valence-electron chi connectivity index (χ0n) is 11.3. The van der Waals surface area contributed by atoms with Crippen LogP contribution >= 0.6 is 11.3 Å². The van der Waals surface area contributed by atoms with Crippen LogP contribution in [0.1, 0.15) is 22.6 Å². The van der Waals surface area contributed by atoms with Crippen molar-refractivity contribution < 1.29 is 0 Å². The minimum atomic E-state index is 0.441. The first kappa shape index (κ1) is 13.1. The van der Waals surface area contributed by atoms with Crippen LogP contribution in [0.25, 0.3) is 0 Å². The predicted octanol–water partition coefficient (Wildman–Crippen LogP) is 1.34. The fraction of sp³-hybridized carbons (Fsp3) is 0.600. The summed E-state index contributed by atoms with van der Waals surface area (Å²) < 4.78 is 0. The molecule has 0 saturated carbocycles. The van der Waals surface area contributed by atoms with Gasteiger partial charge in [0.25, 0.3) is 0 Å². The Bertz CT molecular complexity index is 485. The summed E-state index contributed by atoms with van der Waals surface area (Å²) in [6.45, 7) is 6.53. The fourth-order valence-electron chi connectivity index (χ4n) is 3.09. The van der Waals surface area contributed by atoms with E-state index in [2.05, 4.69) is 33.8 Å². The van der Waals surface area contributed by atoms with Crippen LogP contribution in [0, 0.1) is 11.8 Å². The van der Waals surface area contributed by atoms with Crippen LogP contribution in [-0.4, -0.2) is 48.6 Å². The Balaban J connectivity index is 1.57. The smallest absolute Gasteiger partial charge is 0.0772 e. The van der Waals surface area contributed by atoms with Crippen molar-refractivity contribution in [1.29, 1.82) is 0 Å². The third-order valence-electron chi connectivity index (χ3n) is 4.03. The van der Waals surface area contributed by atoms with Crippen molar-refractivity contribution in [2.75, 3.05) is 32.7 Å². The van der Waals surface area contributed by atoms with Gasteiger partial charge in [-0.25, -0.2) is 0 Å². The van der Waals surface area contributed by atoms with Gasteiger partial charge in [-0.2, -0.15) is 0 Å². The second-order valence-corrected chi connectivity index (χ2v) is 6.51. The molecular weight excluding hydrogens is 254 g/mol. The summed E-state index contributed by atoms with van der Waals surface area (Å²) in [6.07, 6.45) is 2.77. The van der Waals surface area contributed by atoms with Crippen LogP contribution in [0.2, 0.25) is 0 Å². The molecule has 2 fully saturated rings. The van der Waals surface area contributed by atoms with E-state index < -0.39 is 0 Å². The van der Waals surface area contributed by atoms with Gasteiger partial charge in [0.05, 0.1) is 11.4 Å². The van der Waals surface area contributed by atoms with Gasteiger partial charge in [-0.15, -0.1) is 11.3 Å². The SMILES string of the molecule is NCC#Cc1ccc(CN2CCN3CCCC3C2)s1. The average Bonchev–Trinajstić information content (AvgIpc) is 3.05. The molecule has 2 N–H and O–H groups in total. The van der Waals surface area contributed by atoms with E-state index in [1.165, 1.54) is 43.9 Å². The summed E-state index contributed by atoms with van der Waals surface area (Å²) in [7, 11) is 0. The topological polar surface area (TPSA) is 32.5 Å². The fourth-order valence-corrected chi connectivity index (χ4v) is 4.01. The first-order valence-electron chi connectivity index (χ1n) is 7.09. The quantitative estimate of drug-likeness (QED) is 0.827. The Hall–Kier alpha value is -0.860. The van der Waals surface area contributed by atoms with Crippen molar-refractivity contribution in [1.82, 2.24) is 9.80 Å². The van der Waals surface area contributed by atoms with Gasteiger partial charge in [0.15, 0.2) is 0 Å². The molecule has 2 aliphatic rings. The van der Waals surface area contributed by atoms with Crippen LogP contribution in [0.15, 0.2) is 12.1 Å². The highest BCUT2D eigenvalue weighted by Gasteiger charge is 2.30. The highest BCUT2D eigenvalue weighted by molar-refractivity contribution is 7.12. The van der Waals surface area contributed by atoms with Crippen LogP contribution in [0.3, 0.4) is 0 Å². The molecule has 2 saturated heterocycles. The molecule has 1 atom stereocenters. The summed E-state index contributed by atoms with van der Waals surface area (Å²) in [6, 6.07) is 5.14. The summed E-state index contributed by atoms with van der Waals surface area (Å²) in [4.78, 5) is 7.81. The van der Waals surface area contributed by atoms with Crippen LogP contribution in [-0.2, 0) is 6.54 Å². The molecule has 0 aliphatic carbocycles. The second-order valence-electron chi connectivity index (χ2n) is 5.34. The maximum Gasteiger partial charge on any atom is 0.0772 e. The molecule has 0 radical (unpaired) electrons. The molecular formula is C15H21N3S. The van der Waals surface area contributed by atoms with E-state index in [-0.39, 0.29) is 0 Å². The first-order valence-corrected chi connectivity index (χ1v) is 7.91. The maximum absolute atomic E-state index is 5.40. The van der Waals surface area contributed by atoms with E-state index in [4.69, 9.17) is 5.73 Å². The van der Waals surface area contributed by atoms with Gasteiger partial charge in [0.2, 0.25) is 0 Å². The number of thiophene rings is 1. The molecule has 1 unspecified atom stereocenters. The molecule has 3 heterocycles. The monoisotopic (exact) mass is 275 g/mol.